The minimum Gasteiger partial charge on any atom is -0.480 e. The number of nitrogens with one attached hydrogen (secondary N) is 1. The van der Waals surface area contributed by atoms with Gasteiger partial charge in [-0.1, -0.05) is 30.3 Å². The van der Waals surface area contributed by atoms with Crippen LogP contribution in [0, 0.1) is 0 Å². The van der Waals surface area contributed by atoms with Crippen LogP contribution in [0.2, 0.25) is 0 Å². The van der Waals surface area contributed by atoms with Crippen LogP contribution in [0.5, 0.6) is 0 Å². The molecule has 0 bridgehead atoms. The Morgan fingerprint density at radius 2 is 1.93 bits per heavy atom. The average molecular weight is 453 g/mol. The smallest absolute Gasteiger partial charge is 0.326 e. The largest absolute Gasteiger partial charge is 0.480 e. The van der Waals surface area contributed by atoms with Gasteiger partial charge in [0, 0.05) is 24.5 Å². The minimum atomic E-state index is -0.978. The molecule has 30 heavy (non-hydrogen) atoms. The predicted octanol–water partition coefficient (Wildman–Crippen LogP) is 2.00. The lowest BCUT2D eigenvalue weighted by Gasteiger charge is -2.28. The summed E-state index contributed by atoms with van der Waals surface area (Å²) in [5, 5.41) is 12.8. The topological polar surface area (TPSA) is 95.9 Å². The second kappa shape index (κ2) is 10.1. The molecule has 2 fully saturated rings. The van der Waals surface area contributed by atoms with E-state index < -0.39 is 30.1 Å². The lowest BCUT2D eigenvalue weighted by molar-refractivity contribution is -0.150. The molecular weight excluding hydrogens is 424 g/mol. The molecule has 2 aliphatic heterocycles. The highest BCUT2D eigenvalue weighted by atomic mass is 32.2. The van der Waals surface area contributed by atoms with Gasteiger partial charge < -0.3 is 14.7 Å². The number of hydrogen-bond acceptors (Lipinski definition) is 7. The quantitative estimate of drug-likeness (QED) is 0.579. The SMILES string of the molecule is COC(=O)[C@H](CCc1ccccc1)N[C@@H](C)C(=O)N1CC2(C[C@H]1C(=O)O)SCCS2. The van der Waals surface area contributed by atoms with Crippen molar-refractivity contribution in [3.05, 3.63) is 35.9 Å². The maximum absolute atomic E-state index is 13.2. The van der Waals surface area contributed by atoms with Gasteiger partial charge in [0.2, 0.25) is 5.91 Å². The number of amides is 1. The molecule has 1 amide bonds. The fourth-order valence-electron chi connectivity index (χ4n) is 3.99. The molecule has 0 aromatic heterocycles. The van der Waals surface area contributed by atoms with E-state index in [2.05, 4.69) is 5.32 Å². The highest BCUT2D eigenvalue weighted by Gasteiger charge is 2.52. The second-order valence-corrected chi connectivity index (χ2v) is 10.8. The molecule has 0 radical (unpaired) electrons. The van der Waals surface area contributed by atoms with Gasteiger partial charge in [-0.05, 0) is 25.3 Å². The van der Waals surface area contributed by atoms with Crippen molar-refractivity contribution in [2.24, 2.45) is 0 Å². The van der Waals surface area contributed by atoms with Gasteiger partial charge >= 0.3 is 11.9 Å². The van der Waals surface area contributed by atoms with Crippen molar-refractivity contribution in [1.29, 1.82) is 0 Å². The first-order valence-electron chi connectivity index (χ1n) is 10.0. The number of carbonyl (C=O) groups is 3. The Kier molecular flexibility index (Phi) is 7.70. The molecule has 7 nitrogen and oxygen atoms in total. The van der Waals surface area contributed by atoms with Crippen molar-refractivity contribution in [2.75, 3.05) is 25.2 Å². The number of likely N-dealkylation sites (tertiary alicyclic amines) is 1. The Morgan fingerprint density at radius 1 is 1.27 bits per heavy atom. The molecule has 2 aliphatic rings. The lowest BCUT2D eigenvalue weighted by Crippen LogP contribution is -2.53. The zero-order chi connectivity index (χ0) is 21.7. The molecule has 0 aliphatic carbocycles. The third-order valence-corrected chi connectivity index (χ3v) is 8.97. The van der Waals surface area contributed by atoms with E-state index in [-0.39, 0.29) is 9.99 Å². The van der Waals surface area contributed by atoms with Crippen LogP contribution in [0.4, 0.5) is 0 Å². The molecular formula is C21H28N2O5S2. The first-order valence-corrected chi connectivity index (χ1v) is 12.0. The number of methoxy groups -OCH3 is 1. The molecule has 1 aromatic rings. The summed E-state index contributed by atoms with van der Waals surface area (Å²) in [5.74, 6) is 0.239. The first-order chi connectivity index (χ1) is 14.3. The van der Waals surface area contributed by atoms with E-state index in [0.717, 1.165) is 17.1 Å². The number of carbonyl (C=O) groups excluding carboxylic acids is 2. The summed E-state index contributed by atoms with van der Waals surface area (Å²) in [7, 11) is 1.32. The number of esters is 1. The number of aryl methyl sites for hydroxylation is 1. The number of aliphatic carboxylic acids is 1. The molecule has 2 N–H and O–H groups in total. The summed E-state index contributed by atoms with van der Waals surface area (Å²) in [5.41, 5.74) is 1.09. The van der Waals surface area contributed by atoms with E-state index in [4.69, 9.17) is 4.74 Å². The van der Waals surface area contributed by atoms with Crippen molar-refractivity contribution in [2.45, 2.75) is 48.4 Å². The average Bonchev–Trinajstić information content (AvgIpc) is 3.37. The van der Waals surface area contributed by atoms with Crippen LogP contribution >= 0.6 is 23.5 Å². The van der Waals surface area contributed by atoms with Gasteiger partial charge in [0.1, 0.15) is 12.1 Å². The highest BCUT2D eigenvalue weighted by Crippen LogP contribution is 2.51. The van der Waals surface area contributed by atoms with Crippen molar-refractivity contribution in [3.63, 3.8) is 0 Å². The molecule has 2 heterocycles. The molecule has 3 atom stereocenters. The summed E-state index contributed by atoms with van der Waals surface area (Å²) in [6, 6.07) is 7.61. The molecule has 2 saturated heterocycles. The number of ether oxygens (including phenoxy) is 1. The Bertz CT molecular complexity index is 770. The number of carboxylic acid groups (broad SMARTS) is 1. The van der Waals surface area contributed by atoms with Crippen molar-refractivity contribution >= 4 is 41.4 Å². The van der Waals surface area contributed by atoms with Crippen LogP contribution in [-0.2, 0) is 25.5 Å². The van der Waals surface area contributed by atoms with Gasteiger partial charge in [-0.3, -0.25) is 14.9 Å². The first kappa shape index (κ1) is 23.0. The summed E-state index contributed by atoms with van der Waals surface area (Å²) < 4.78 is 4.69. The van der Waals surface area contributed by atoms with Crippen molar-refractivity contribution < 1.29 is 24.2 Å². The molecule has 0 unspecified atom stereocenters. The van der Waals surface area contributed by atoms with E-state index in [1.807, 2.05) is 30.3 Å². The zero-order valence-corrected chi connectivity index (χ0v) is 18.8. The lowest BCUT2D eigenvalue weighted by atomic mass is 10.0. The minimum absolute atomic E-state index is 0.229. The number of rotatable bonds is 8. The standard InChI is InChI=1S/C21H28N2O5S2/c1-14(22-16(20(27)28-2)9-8-15-6-4-3-5-7-15)18(24)23-13-21(29-10-11-30-21)12-17(23)19(25)26/h3-7,14,16-17,22H,8-13H2,1-2H3,(H,25,26)/t14-,16-,17-/m0/s1. The van der Waals surface area contributed by atoms with Gasteiger partial charge in [0.25, 0.3) is 0 Å². The van der Waals surface area contributed by atoms with E-state index in [0.29, 0.717) is 25.8 Å². The Hall–Kier alpha value is -1.71. The van der Waals surface area contributed by atoms with Crippen LogP contribution in [0.3, 0.4) is 0 Å². The van der Waals surface area contributed by atoms with Crippen molar-refractivity contribution in [1.82, 2.24) is 10.2 Å². The normalized spacial score (nSPS) is 22.1. The number of benzene rings is 1. The Labute approximate surface area is 185 Å². The summed E-state index contributed by atoms with van der Waals surface area (Å²) in [6.45, 7) is 2.09. The Balaban J connectivity index is 1.66. The van der Waals surface area contributed by atoms with E-state index in [1.165, 1.54) is 12.0 Å². The molecule has 0 saturated carbocycles. The molecule has 1 aromatic carbocycles. The molecule has 1 spiro atoms. The van der Waals surface area contributed by atoms with Crippen LogP contribution in [0.15, 0.2) is 30.3 Å². The van der Waals surface area contributed by atoms with Crippen LogP contribution in [-0.4, -0.2) is 75.2 Å². The number of carboxylic acids is 1. The maximum Gasteiger partial charge on any atom is 0.326 e. The summed E-state index contributed by atoms with van der Waals surface area (Å²) >= 11 is 3.49. The van der Waals surface area contributed by atoms with Gasteiger partial charge in [0.05, 0.1) is 17.2 Å². The second-order valence-electron chi connectivity index (χ2n) is 7.62. The monoisotopic (exact) mass is 452 g/mol. The third kappa shape index (κ3) is 5.31. The zero-order valence-electron chi connectivity index (χ0n) is 17.2. The molecule has 9 heteroatoms. The predicted molar refractivity (Wildman–Crippen MR) is 119 cm³/mol. The summed E-state index contributed by atoms with van der Waals surface area (Å²) in [4.78, 5) is 38.7. The number of nitrogens with zero attached hydrogens (tertiary/aromatic N) is 1. The number of hydrogen-bond donors (Lipinski definition) is 2. The van der Waals surface area contributed by atoms with Crippen LogP contribution in [0.1, 0.15) is 25.3 Å². The fraction of sp³-hybridized carbons (Fsp3) is 0.571. The van der Waals surface area contributed by atoms with Gasteiger partial charge in [-0.2, -0.15) is 0 Å². The van der Waals surface area contributed by atoms with Crippen LogP contribution in [0.25, 0.3) is 0 Å². The molecule has 3 rings (SSSR count). The fourth-order valence-corrected chi connectivity index (χ4v) is 7.24. The van der Waals surface area contributed by atoms with E-state index in [9.17, 15) is 19.5 Å². The van der Waals surface area contributed by atoms with Gasteiger partial charge in [0.15, 0.2) is 0 Å². The van der Waals surface area contributed by atoms with Crippen LogP contribution < -0.4 is 5.32 Å². The number of thioether (sulfide) groups is 2. The summed E-state index contributed by atoms with van der Waals surface area (Å²) in [6.07, 6.45) is 1.59. The Morgan fingerprint density at radius 3 is 2.53 bits per heavy atom. The maximum atomic E-state index is 13.2. The van der Waals surface area contributed by atoms with E-state index >= 15 is 0 Å². The molecule has 164 valence electrons. The van der Waals surface area contributed by atoms with Gasteiger partial charge in [-0.25, -0.2) is 4.79 Å². The van der Waals surface area contributed by atoms with E-state index in [1.54, 1.807) is 30.4 Å². The highest BCUT2D eigenvalue weighted by molar-refractivity contribution is 8.21. The third-order valence-electron chi connectivity index (χ3n) is 5.55. The van der Waals surface area contributed by atoms with Gasteiger partial charge in [-0.15, -0.1) is 23.5 Å². The van der Waals surface area contributed by atoms with Crippen molar-refractivity contribution in [3.8, 4) is 0 Å².